The van der Waals surface area contributed by atoms with Crippen LogP contribution in [0.3, 0.4) is 0 Å². The van der Waals surface area contributed by atoms with E-state index in [0.717, 1.165) is 16.7 Å². The molecule has 0 N–H and O–H groups in total. The molecular weight excluding hydrogens is 310 g/mol. The maximum Gasteiger partial charge on any atom is 0.179 e. The Morgan fingerprint density at radius 2 is 1.96 bits per heavy atom. The Morgan fingerprint density at radius 3 is 2.52 bits per heavy atom. The maximum absolute atomic E-state index is 9.44. The fraction of sp³-hybridized carbons (Fsp3) is 0.211. The van der Waals surface area contributed by atoms with E-state index in [2.05, 4.69) is 6.07 Å². The van der Waals surface area contributed by atoms with Gasteiger partial charge in [0.2, 0.25) is 0 Å². The van der Waals surface area contributed by atoms with Crippen molar-refractivity contribution in [1.29, 1.82) is 5.26 Å². The van der Waals surface area contributed by atoms with Crippen molar-refractivity contribution in [1.82, 2.24) is 0 Å². The van der Waals surface area contributed by atoms with Gasteiger partial charge < -0.3 is 9.47 Å². The summed E-state index contributed by atoms with van der Waals surface area (Å²) in [6, 6.07) is 13.6. The van der Waals surface area contributed by atoms with Crippen LogP contribution in [0.25, 0.3) is 11.6 Å². The highest BCUT2D eigenvalue weighted by Crippen LogP contribution is 2.37. The fourth-order valence-electron chi connectivity index (χ4n) is 2.19. The van der Waals surface area contributed by atoms with Crippen LogP contribution in [0.2, 0.25) is 5.02 Å². The van der Waals surface area contributed by atoms with Gasteiger partial charge in [-0.25, -0.2) is 0 Å². The van der Waals surface area contributed by atoms with E-state index in [9.17, 15) is 5.26 Å². The van der Waals surface area contributed by atoms with Crippen molar-refractivity contribution >= 4 is 23.3 Å². The maximum atomic E-state index is 9.44. The van der Waals surface area contributed by atoms with E-state index in [0.29, 0.717) is 28.7 Å². The largest absolute Gasteiger partial charge is 0.493 e. The summed E-state index contributed by atoms with van der Waals surface area (Å²) in [5.41, 5.74) is 3.36. The van der Waals surface area contributed by atoms with Crippen LogP contribution in [-0.4, -0.2) is 13.7 Å². The molecule has 2 aromatic carbocycles. The van der Waals surface area contributed by atoms with Gasteiger partial charge in [-0.3, -0.25) is 0 Å². The summed E-state index contributed by atoms with van der Waals surface area (Å²) >= 11 is 6.27. The zero-order valence-corrected chi connectivity index (χ0v) is 14.1. The number of allylic oxidation sites excluding steroid dienone is 1. The van der Waals surface area contributed by atoms with Crippen LogP contribution in [0.1, 0.15) is 23.6 Å². The first-order valence-corrected chi connectivity index (χ1v) is 7.66. The van der Waals surface area contributed by atoms with Crippen LogP contribution in [0.5, 0.6) is 11.5 Å². The van der Waals surface area contributed by atoms with Crippen LogP contribution in [0, 0.1) is 18.3 Å². The number of nitrogens with zero attached hydrogens (tertiary/aromatic N) is 1. The molecule has 0 bridgehead atoms. The minimum Gasteiger partial charge on any atom is -0.493 e. The molecule has 0 saturated carbocycles. The standard InChI is InChI=1S/C19H18ClNO2/c1-4-23-19-17(20)10-14(11-18(19)22-3)9-16(12-21)15-7-5-13(2)6-8-15/h5-11H,4H2,1-3H3/b16-9-. The SMILES string of the molecule is CCOc1c(Cl)cc(/C=C(/C#N)c2ccc(C)cc2)cc1OC. The Hall–Kier alpha value is -2.44. The zero-order valence-electron chi connectivity index (χ0n) is 13.4. The van der Waals surface area contributed by atoms with Crippen molar-refractivity contribution in [3.05, 3.63) is 58.1 Å². The Labute approximate surface area is 141 Å². The van der Waals surface area contributed by atoms with Crippen molar-refractivity contribution in [3.8, 4) is 17.6 Å². The van der Waals surface area contributed by atoms with Crippen LogP contribution in [0.4, 0.5) is 0 Å². The molecule has 0 unspecified atom stereocenters. The van der Waals surface area contributed by atoms with Gasteiger partial charge in [0.25, 0.3) is 0 Å². The molecule has 0 amide bonds. The first-order chi connectivity index (χ1) is 11.1. The third kappa shape index (κ3) is 4.06. The van der Waals surface area contributed by atoms with E-state index in [4.69, 9.17) is 21.1 Å². The number of methoxy groups -OCH3 is 1. The van der Waals surface area contributed by atoms with Crippen molar-refractivity contribution in [3.63, 3.8) is 0 Å². The predicted molar refractivity (Wildman–Crippen MR) is 93.8 cm³/mol. The minimum absolute atomic E-state index is 0.457. The first kappa shape index (κ1) is 16.9. The average Bonchev–Trinajstić information content (AvgIpc) is 2.55. The van der Waals surface area contributed by atoms with Gasteiger partial charge in [0.1, 0.15) is 0 Å². The number of halogens is 1. The predicted octanol–water partition coefficient (Wildman–Crippen LogP) is 5.12. The summed E-state index contributed by atoms with van der Waals surface area (Å²) in [6.07, 6.45) is 1.79. The highest BCUT2D eigenvalue weighted by Gasteiger charge is 2.11. The highest BCUT2D eigenvalue weighted by molar-refractivity contribution is 6.32. The van der Waals surface area contributed by atoms with Crippen molar-refractivity contribution < 1.29 is 9.47 Å². The Balaban J connectivity index is 2.46. The molecule has 23 heavy (non-hydrogen) atoms. The van der Waals surface area contributed by atoms with E-state index in [-0.39, 0.29) is 0 Å². The van der Waals surface area contributed by atoms with E-state index in [1.165, 1.54) is 0 Å². The monoisotopic (exact) mass is 327 g/mol. The summed E-state index contributed by atoms with van der Waals surface area (Å²) in [5.74, 6) is 1.06. The summed E-state index contributed by atoms with van der Waals surface area (Å²) in [5, 5.41) is 9.89. The molecule has 118 valence electrons. The molecule has 0 spiro atoms. The molecule has 0 aliphatic rings. The van der Waals surface area contributed by atoms with Gasteiger partial charge in [0.05, 0.1) is 30.4 Å². The Morgan fingerprint density at radius 1 is 1.26 bits per heavy atom. The molecule has 0 aliphatic heterocycles. The van der Waals surface area contributed by atoms with Gasteiger partial charge in [-0.2, -0.15) is 5.26 Å². The Bertz CT molecular complexity index is 758. The topological polar surface area (TPSA) is 42.2 Å². The molecule has 0 radical (unpaired) electrons. The number of aryl methyl sites for hydroxylation is 1. The van der Waals surface area contributed by atoms with Crippen LogP contribution < -0.4 is 9.47 Å². The van der Waals surface area contributed by atoms with Crippen LogP contribution in [0.15, 0.2) is 36.4 Å². The first-order valence-electron chi connectivity index (χ1n) is 7.28. The van der Waals surface area contributed by atoms with E-state index in [1.807, 2.05) is 44.2 Å². The third-order valence-electron chi connectivity index (χ3n) is 3.33. The second-order valence-corrected chi connectivity index (χ2v) is 5.41. The number of ether oxygens (including phenoxy) is 2. The number of hydrogen-bond acceptors (Lipinski definition) is 3. The second kappa shape index (κ2) is 7.71. The van der Waals surface area contributed by atoms with E-state index < -0.39 is 0 Å². The molecule has 2 aromatic rings. The number of benzene rings is 2. The van der Waals surface area contributed by atoms with E-state index in [1.54, 1.807) is 19.3 Å². The van der Waals surface area contributed by atoms with Crippen LogP contribution >= 0.6 is 11.6 Å². The van der Waals surface area contributed by atoms with Crippen molar-refractivity contribution in [2.24, 2.45) is 0 Å². The lowest BCUT2D eigenvalue weighted by Crippen LogP contribution is -1.96. The zero-order chi connectivity index (χ0) is 16.8. The lowest BCUT2D eigenvalue weighted by molar-refractivity contribution is 0.311. The van der Waals surface area contributed by atoms with Gasteiger partial charge in [-0.15, -0.1) is 0 Å². The highest BCUT2D eigenvalue weighted by atomic mass is 35.5. The summed E-state index contributed by atoms with van der Waals surface area (Å²) in [7, 11) is 1.56. The van der Waals surface area contributed by atoms with Gasteiger partial charge in [-0.1, -0.05) is 41.4 Å². The Kier molecular flexibility index (Phi) is 5.67. The number of rotatable bonds is 5. The fourth-order valence-corrected chi connectivity index (χ4v) is 2.46. The lowest BCUT2D eigenvalue weighted by atomic mass is 10.0. The van der Waals surface area contributed by atoms with Gasteiger partial charge in [0, 0.05) is 0 Å². The molecule has 0 fully saturated rings. The summed E-state index contributed by atoms with van der Waals surface area (Å²) < 4.78 is 10.8. The molecule has 4 heteroatoms. The quantitative estimate of drug-likeness (QED) is 0.565. The molecule has 0 heterocycles. The van der Waals surface area contributed by atoms with Crippen molar-refractivity contribution in [2.45, 2.75) is 13.8 Å². The number of nitriles is 1. The molecule has 0 atom stereocenters. The van der Waals surface area contributed by atoms with Gasteiger partial charge in [0.15, 0.2) is 11.5 Å². The van der Waals surface area contributed by atoms with Gasteiger partial charge >= 0.3 is 0 Å². The van der Waals surface area contributed by atoms with Crippen molar-refractivity contribution in [2.75, 3.05) is 13.7 Å². The molecule has 2 rings (SSSR count). The summed E-state index contributed by atoms with van der Waals surface area (Å²) in [4.78, 5) is 0. The second-order valence-electron chi connectivity index (χ2n) is 5.00. The molecule has 0 aromatic heterocycles. The molecule has 0 aliphatic carbocycles. The third-order valence-corrected chi connectivity index (χ3v) is 3.62. The normalized spacial score (nSPS) is 11.0. The number of hydrogen-bond donors (Lipinski definition) is 0. The minimum atomic E-state index is 0.457. The summed E-state index contributed by atoms with van der Waals surface area (Å²) in [6.45, 7) is 4.39. The smallest absolute Gasteiger partial charge is 0.179 e. The van der Waals surface area contributed by atoms with Crippen LogP contribution in [-0.2, 0) is 0 Å². The average molecular weight is 328 g/mol. The molecular formula is C19H18ClNO2. The van der Waals surface area contributed by atoms with Gasteiger partial charge in [-0.05, 0) is 43.2 Å². The van der Waals surface area contributed by atoms with E-state index >= 15 is 0 Å². The molecule has 3 nitrogen and oxygen atoms in total. The molecule has 0 saturated heterocycles. The lowest BCUT2D eigenvalue weighted by Gasteiger charge is -2.12.